The number of methoxy groups -OCH3 is 1. The number of thioether (sulfide) groups is 1. The molecule has 0 unspecified atom stereocenters. The molecule has 4 heteroatoms. The highest BCUT2D eigenvalue weighted by Gasteiger charge is 2.29. The van der Waals surface area contributed by atoms with Gasteiger partial charge in [0.1, 0.15) is 5.75 Å². The molecule has 5 rings (SSSR count). The second kappa shape index (κ2) is 11.6. The van der Waals surface area contributed by atoms with Crippen LogP contribution < -0.4 is 9.64 Å². The summed E-state index contributed by atoms with van der Waals surface area (Å²) in [5.74, 6) is 1.97. The minimum Gasteiger partial charge on any atom is -0.497 e. The molecule has 0 radical (unpaired) electrons. The minimum atomic E-state index is 0.586. The van der Waals surface area contributed by atoms with Gasteiger partial charge in [0.25, 0.3) is 0 Å². The van der Waals surface area contributed by atoms with E-state index in [1.165, 1.54) is 46.8 Å². The van der Waals surface area contributed by atoms with Crippen LogP contribution >= 0.6 is 11.8 Å². The van der Waals surface area contributed by atoms with Gasteiger partial charge in [-0.05, 0) is 67.3 Å². The van der Waals surface area contributed by atoms with Crippen molar-refractivity contribution < 1.29 is 4.74 Å². The summed E-state index contributed by atoms with van der Waals surface area (Å²) in [7, 11) is 1.72. The van der Waals surface area contributed by atoms with E-state index in [9.17, 15) is 0 Å². The van der Waals surface area contributed by atoms with E-state index >= 15 is 0 Å². The fourth-order valence-corrected chi connectivity index (χ4v) is 5.91. The van der Waals surface area contributed by atoms with Crippen LogP contribution in [0.2, 0.25) is 0 Å². The Bertz CT molecular complexity index is 973. The summed E-state index contributed by atoms with van der Waals surface area (Å²) in [5, 5.41) is 0. The Morgan fingerprint density at radius 2 is 1.64 bits per heavy atom. The Kier molecular flexibility index (Phi) is 8.35. The molecule has 2 heterocycles. The molecule has 1 atom stereocenters. The maximum absolute atomic E-state index is 5.30. The maximum atomic E-state index is 5.30. The van der Waals surface area contributed by atoms with Crippen LogP contribution in [-0.2, 0) is 12.2 Å². The third-order valence-electron chi connectivity index (χ3n) is 6.56. The van der Waals surface area contributed by atoms with Crippen LogP contribution in [0.4, 0.5) is 11.4 Å². The smallest absolute Gasteiger partial charge is 0.118 e. The first-order valence-corrected chi connectivity index (χ1v) is 13.2. The highest BCUT2D eigenvalue weighted by atomic mass is 32.2. The molecule has 0 saturated carbocycles. The van der Waals surface area contributed by atoms with Crippen molar-refractivity contribution in [2.45, 2.75) is 49.8 Å². The van der Waals surface area contributed by atoms with Crippen LogP contribution in [0.5, 0.6) is 5.75 Å². The molecule has 1 saturated heterocycles. The third kappa shape index (κ3) is 5.56. The molecule has 3 aromatic rings. The van der Waals surface area contributed by atoms with Gasteiger partial charge in [0.05, 0.1) is 12.8 Å². The Labute approximate surface area is 203 Å². The van der Waals surface area contributed by atoms with Crippen LogP contribution in [0.15, 0.2) is 77.7 Å². The van der Waals surface area contributed by atoms with Gasteiger partial charge in [0.15, 0.2) is 0 Å². The van der Waals surface area contributed by atoms with Crippen molar-refractivity contribution in [2.24, 2.45) is 0 Å². The van der Waals surface area contributed by atoms with E-state index in [1.807, 2.05) is 25.6 Å². The number of likely N-dealkylation sites (tertiary alicyclic amines) is 1. The van der Waals surface area contributed by atoms with Crippen molar-refractivity contribution in [3.05, 3.63) is 83.9 Å². The fraction of sp³-hybridized carbons (Fsp3) is 0.379. The van der Waals surface area contributed by atoms with E-state index in [-0.39, 0.29) is 0 Å². The predicted octanol–water partition coefficient (Wildman–Crippen LogP) is 7.17. The van der Waals surface area contributed by atoms with Gasteiger partial charge in [0.2, 0.25) is 0 Å². The average Bonchev–Trinajstić information content (AvgIpc) is 3.27. The number of para-hydroxylation sites is 2. The monoisotopic (exact) mass is 460 g/mol. The number of hydrogen-bond acceptors (Lipinski definition) is 4. The zero-order chi connectivity index (χ0) is 23.0. The fourth-order valence-electron chi connectivity index (χ4n) is 4.85. The largest absolute Gasteiger partial charge is 0.497 e. The molecule has 0 spiro atoms. The van der Waals surface area contributed by atoms with Crippen LogP contribution in [0.25, 0.3) is 0 Å². The number of nitrogens with zero attached hydrogens (tertiary/aromatic N) is 2. The summed E-state index contributed by atoms with van der Waals surface area (Å²) < 4.78 is 5.30. The lowest BCUT2D eigenvalue weighted by Gasteiger charge is -2.33. The van der Waals surface area contributed by atoms with Crippen molar-refractivity contribution in [1.82, 2.24) is 4.90 Å². The maximum Gasteiger partial charge on any atom is 0.118 e. The summed E-state index contributed by atoms with van der Waals surface area (Å²) in [5.41, 5.74) is 5.56. The topological polar surface area (TPSA) is 15.7 Å². The van der Waals surface area contributed by atoms with Gasteiger partial charge in [-0.1, -0.05) is 56.3 Å². The SMILES string of the molecule is CC.COc1ccc(CCN2CCC[C@H]2CN2c3ccccc3CSc3ccccc32)cc1. The second-order valence-electron chi connectivity index (χ2n) is 8.43. The summed E-state index contributed by atoms with van der Waals surface area (Å²) in [6, 6.07) is 27.0. The average molecular weight is 461 g/mol. The van der Waals surface area contributed by atoms with E-state index in [0.717, 1.165) is 31.0 Å². The van der Waals surface area contributed by atoms with Crippen LogP contribution in [0.1, 0.15) is 37.8 Å². The zero-order valence-electron chi connectivity index (χ0n) is 20.2. The highest BCUT2D eigenvalue weighted by molar-refractivity contribution is 7.98. The lowest BCUT2D eigenvalue weighted by Crippen LogP contribution is -2.39. The van der Waals surface area contributed by atoms with E-state index in [4.69, 9.17) is 4.74 Å². The van der Waals surface area contributed by atoms with Gasteiger partial charge in [-0.25, -0.2) is 0 Å². The molecule has 0 bridgehead atoms. The summed E-state index contributed by atoms with van der Waals surface area (Å²) in [6.07, 6.45) is 3.65. The van der Waals surface area contributed by atoms with Gasteiger partial charge in [-0.15, -0.1) is 11.8 Å². The highest BCUT2D eigenvalue weighted by Crippen LogP contribution is 2.43. The third-order valence-corrected chi connectivity index (χ3v) is 7.67. The van der Waals surface area contributed by atoms with Gasteiger partial charge < -0.3 is 9.64 Å². The zero-order valence-corrected chi connectivity index (χ0v) is 21.0. The normalized spacial score (nSPS) is 17.4. The van der Waals surface area contributed by atoms with E-state index in [2.05, 4.69) is 82.6 Å². The van der Waals surface area contributed by atoms with Crippen LogP contribution in [-0.4, -0.2) is 37.7 Å². The molecule has 174 valence electrons. The predicted molar refractivity (Wildman–Crippen MR) is 142 cm³/mol. The first-order valence-electron chi connectivity index (χ1n) is 12.3. The molecule has 1 fully saturated rings. The van der Waals surface area contributed by atoms with E-state index in [0.29, 0.717) is 6.04 Å². The first kappa shape index (κ1) is 23.7. The molecule has 3 nitrogen and oxygen atoms in total. The van der Waals surface area contributed by atoms with E-state index in [1.54, 1.807) is 7.11 Å². The van der Waals surface area contributed by atoms with Crippen LogP contribution in [0.3, 0.4) is 0 Å². The summed E-state index contributed by atoms with van der Waals surface area (Å²) in [4.78, 5) is 6.68. The Hall–Kier alpha value is -2.43. The number of anilines is 2. The van der Waals surface area contributed by atoms with Crippen molar-refractivity contribution in [1.29, 1.82) is 0 Å². The number of hydrogen-bond donors (Lipinski definition) is 0. The molecule has 0 aliphatic carbocycles. The Morgan fingerprint density at radius 1 is 0.909 bits per heavy atom. The Balaban J connectivity index is 0.00000126. The number of benzene rings is 3. The van der Waals surface area contributed by atoms with Gasteiger partial charge in [0, 0.05) is 35.5 Å². The molecule has 33 heavy (non-hydrogen) atoms. The van der Waals surface area contributed by atoms with Gasteiger partial charge in [-0.2, -0.15) is 0 Å². The van der Waals surface area contributed by atoms with Gasteiger partial charge >= 0.3 is 0 Å². The number of rotatable bonds is 6. The molecule has 2 aliphatic heterocycles. The molecule has 3 aromatic carbocycles. The first-order chi connectivity index (χ1) is 16.3. The standard InChI is InChI=1S/C27H30N2OS.C2H6/c1-30-24-14-12-21(13-15-24)16-18-28-17-6-8-23(28)19-29-25-9-3-2-7-22(25)20-31-27-11-5-4-10-26(27)29;1-2/h2-5,7,9-15,23H,6,8,16-20H2,1H3;1-2H3/t23-;/m0./s1. The molecular weight excluding hydrogens is 424 g/mol. The molecule has 0 N–H and O–H groups in total. The summed E-state index contributed by atoms with van der Waals surface area (Å²) >= 11 is 1.96. The lowest BCUT2D eigenvalue weighted by molar-refractivity contribution is 0.261. The molecule has 0 aromatic heterocycles. The number of fused-ring (bicyclic) bond motifs is 2. The number of ether oxygens (including phenoxy) is 1. The van der Waals surface area contributed by atoms with Crippen LogP contribution in [0, 0.1) is 0 Å². The Morgan fingerprint density at radius 3 is 2.42 bits per heavy atom. The molecule has 2 aliphatic rings. The van der Waals surface area contributed by atoms with Crippen molar-refractivity contribution in [2.75, 3.05) is 31.6 Å². The molecule has 0 amide bonds. The second-order valence-corrected chi connectivity index (χ2v) is 9.44. The van der Waals surface area contributed by atoms with Crippen molar-refractivity contribution in [3.63, 3.8) is 0 Å². The lowest BCUT2D eigenvalue weighted by atomic mass is 10.1. The minimum absolute atomic E-state index is 0.586. The summed E-state index contributed by atoms with van der Waals surface area (Å²) in [6.45, 7) is 7.37. The molecular formula is C29H36N2OS. The van der Waals surface area contributed by atoms with Gasteiger partial charge in [-0.3, -0.25) is 4.90 Å². The van der Waals surface area contributed by atoms with Crippen molar-refractivity contribution >= 4 is 23.1 Å². The quantitative estimate of drug-likeness (QED) is 0.387. The van der Waals surface area contributed by atoms with Crippen molar-refractivity contribution in [3.8, 4) is 5.75 Å². The van der Waals surface area contributed by atoms with E-state index < -0.39 is 0 Å².